The molecule has 1 aromatic carbocycles. The molecule has 0 aliphatic heterocycles. The first-order chi connectivity index (χ1) is 14.1. The number of anilines is 1. The Morgan fingerprint density at radius 1 is 1.21 bits per heavy atom. The van der Waals surface area contributed by atoms with Crippen LogP contribution < -0.4 is 5.32 Å². The normalized spacial score (nSPS) is 11.4. The lowest BCUT2D eigenvalue weighted by Gasteiger charge is -2.12. The summed E-state index contributed by atoms with van der Waals surface area (Å²) in [4.78, 5) is 19.3. The number of aromatic nitrogens is 5. The van der Waals surface area contributed by atoms with Gasteiger partial charge in [-0.05, 0) is 31.5 Å². The highest BCUT2D eigenvalue weighted by Crippen LogP contribution is 2.39. The number of imidazole rings is 1. The number of rotatable bonds is 4. The molecule has 2 N–H and O–H groups in total. The Bertz CT molecular complexity index is 1400. The van der Waals surface area contributed by atoms with Crippen LogP contribution in [0, 0.1) is 19.7 Å². The van der Waals surface area contributed by atoms with Crippen LogP contribution in [0.2, 0.25) is 0 Å². The third kappa shape index (κ3) is 2.59. The maximum Gasteiger partial charge on any atom is 0.212 e. The Balaban J connectivity index is 1.76. The van der Waals surface area contributed by atoms with Crippen molar-refractivity contribution in [1.82, 2.24) is 24.6 Å². The van der Waals surface area contributed by atoms with Crippen molar-refractivity contribution in [3.63, 3.8) is 0 Å². The van der Waals surface area contributed by atoms with Gasteiger partial charge in [0.05, 0.1) is 35.4 Å². The molecule has 0 bridgehead atoms. The zero-order valence-corrected chi connectivity index (χ0v) is 15.5. The second-order valence-electron chi connectivity index (χ2n) is 6.68. The van der Waals surface area contributed by atoms with E-state index in [0.717, 1.165) is 5.39 Å². The first kappa shape index (κ1) is 17.1. The maximum absolute atomic E-state index is 15.5. The molecule has 5 rings (SSSR count). The predicted octanol–water partition coefficient (Wildman–Crippen LogP) is 3.86. The number of hydrogen-bond acceptors (Lipinski definition) is 5. The second kappa shape index (κ2) is 6.26. The number of halogens is 1. The highest BCUT2D eigenvalue weighted by Gasteiger charge is 2.23. The molecule has 0 aliphatic rings. The topological polar surface area (TPSA) is 101 Å². The third-order valence-corrected chi connectivity index (χ3v) is 4.87. The van der Waals surface area contributed by atoms with E-state index in [9.17, 15) is 4.79 Å². The molecule has 0 radical (unpaired) electrons. The molecule has 0 saturated carbocycles. The van der Waals surface area contributed by atoms with Crippen molar-refractivity contribution < 1.29 is 13.6 Å². The minimum atomic E-state index is -0.401. The lowest BCUT2D eigenvalue weighted by molar-refractivity contribution is -0.105. The van der Waals surface area contributed by atoms with E-state index >= 15 is 4.39 Å². The van der Waals surface area contributed by atoms with Crippen LogP contribution >= 0.6 is 0 Å². The summed E-state index contributed by atoms with van der Waals surface area (Å²) in [5.41, 5.74) is 3.04. The van der Waals surface area contributed by atoms with Crippen molar-refractivity contribution in [3.05, 3.63) is 54.1 Å². The minimum Gasteiger partial charge on any atom is -0.461 e. The van der Waals surface area contributed by atoms with Gasteiger partial charge in [0.15, 0.2) is 11.5 Å². The zero-order chi connectivity index (χ0) is 20.1. The van der Waals surface area contributed by atoms with Crippen LogP contribution in [0.1, 0.15) is 11.3 Å². The zero-order valence-electron chi connectivity index (χ0n) is 15.5. The molecule has 144 valence electrons. The van der Waals surface area contributed by atoms with Crippen LogP contribution in [0.25, 0.3) is 39.1 Å². The van der Waals surface area contributed by atoms with Crippen LogP contribution in [0.4, 0.5) is 10.2 Å². The van der Waals surface area contributed by atoms with Gasteiger partial charge in [-0.2, -0.15) is 5.10 Å². The van der Waals surface area contributed by atoms with Crippen molar-refractivity contribution in [2.45, 2.75) is 13.8 Å². The van der Waals surface area contributed by atoms with E-state index in [4.69, 9.17) is 4.42 Å². The van der Waals surface area contributed by atoms with E-state index in [2.05, 4.69) is 25.5 Å². The Labute approximate surface area is 163 Å². The fourth-order valence-corrected chi connectivity index (χ4v) is 3.56. The molecular formula is C20H15FN6O2. The average molecular weight is 390 g/mol. The first-order valence-corrected chi connectivity index (χ1v) is 8.84. The van der Waals surface area contributed by atoms with Crippen LogP contribution in [-0.2, 0) is 4.79 Å². The van der Waals surface area contributed by atoms with Crippen LogP contribution in [0.3, 0.4) is 0 Å². The molecule has 0 fully saturated rings. The number of furan rings is 1. The monoisotopic (exact) mass is 390 g/mol. The van der Waals surface area contributed by atoms with E-state index in [1.54, 1.807) is 48.2 Å². The smallest absolute Gasteiger partial charge is 0.212 e. The number of amides is 1. The van der Waals surface area contributed by atoms with Gasteiger partial charge in [-0.15, -0.1) is 0 Å². The number of nitrogens with zero attached hydrogens (tertiary/aromatic N) is 4. The SMILES string of the molecule is Cc1ccc(-c2c(F)c(C)c(-c3cn4cc(NC=O)nc4cn3)c3cn[nH]c23)o1. The summed E-state index contributed by atoms with van der Waals surface area (Å²) in [6.07, 6.45) is 7.17. The van der Waals surface area contributed by atoms with Crippen LogP contribution in [-0.4, -0.2) is 31.0 Å². The Kier molecular flexibility index (Phi) is 3.70. The molecular weight excluding hydrogens is 375 g/mol. The number of hydrogen-bond donors (Lipinski definition) is 2. The predicted molar refractivity (Wildman–Crippen MR) is 105 cm³/mol. The molecule has 9 heteroatoms. The fraction of sp³-hybridized carbons (Fsp3) is 0.100. The Morgan fingerprint density at radius 2 is 2.07 bits per heavy atom. The van der Waals surface area contributed by atoms with Gasteiger partial charge in [0.25, 0.3) is 0 Å². The molecule has 0 spiro atoms. The highest BCUT2D eigenvalue weighted by atomic mass is 19.1. The molecule has 4 aromatic heterocycles. The average Bonchev–Trinajstić information content (AvgIpc) is 3.42. The van der Waals surface area contributed by atoms with Crippen molar-refractivity contribution in [3.8, 4) is 22.6 Å². The number of aryl methyl sites for hydroxylation is 1. The number of nitrogens with one attached hydrogen (secondary N) is 2. The minimum absolute atomic E-state index is 0.341. The van der Waals surface area contributed by atoms with E-state index in [-0.39, 0.29) is 0 Å². The molecule has 1 amide bonds. The van der Waals surface area contributed by atoms with E-state index in [1.807, 2.05) is 6.92 Å². The first-order valence-electron chi connectivity index (χ1n) is 8.84. The Morgan fingerprint density at radius 3 is 2.83 bits per heavy atom. The van der Waals surface area contributed by atoms with Crippen LogP contribution in [0.15, 0.2) is 41.3 Å². The van der Waals surface area contributed by atoms with E-state index < -0.39 is 5.82 Å². The summed E-state index contributed by atoms with van der Waals surface area (Å²) < 4.78 is 22.8. The number of H-pyrrole nitrogens is 1. The number of fused-ring (bicyclic) bond motifs is 2. The summed E-state index contributed by atoms with van der Waals surface area (Å²) >= 11 is 0. The largest absolute Gasteiger partial charge is 0.461 e. The van der Waals surface area contributed by atoms with Crippen molar-refractivity contribution >= 4 is 28.8 Å². The number of carbonyl (C=O) groups is 1. The second-order valence-corrected chi connectivity index (χ2v) is 6.68. The van der Waals surface area contributed by atoms with Gasteiger partial charge in [0.2, 0.25) is 6.41 Å². The molecule has 0 atom stereocenters. The molecule has 8 nitrogen and oxygen atoms in total. The van der Waals surface area contributed by atoms with Gasteiger partial charge in [-0.25, -0.2) is 9.37 Å². The van der Waals surface area contributed by atoms with Gasteiger partial charge >= 0.3 is 0 Å². The molecule has 29 heavy (non-hydrogen) atoms. The summed E-state index contributed by atoms with van der Waals surface area (Å²) in [5.74, 6) is 1.13. The van der Waals surface area contributed by atoms with Crippen LogP contribution in [0.5, 0.6) is 0 Å². The van der Waals surface area contributed by atoms with Gasteiger partial charge in [-0.3, -0.25) is 14.9 Å². The number of carbonyl (C=O) groups excluding carboxylic acids is 1. The standard InChI is InChI=1S/C20H15FN6O2/c1-10-3-4-14(29-10)18-19(21)11(2)17(12-5-24-26-20(12)18)13-7-27-8-15(23-9-28)25-16(27)6-22-13/h3-9H,1-2H3,(H,23,28)(H,24,26). The van der Waals surface area contributed by atoms with Crippen molar-refractivity contribution in [1.29, 1.82) is 0 Å². The van der Waals surface area contributed by atoms with Crippen molar-refractivity contribution in [2.75, 3.05) is 5.32 Å². The van der Waals surface area contributed by atoms with Gasteiger partial charge in [-0.1, -0.05) is 0 Å². The summed E-state index contributed by atoms with van der Waals surface area (Å²) in [5, 5.41) is 10.2. The number of benzene rings is 1. The lowest BCUT2D eigenvalue weighted by Crippen LogP contribution is -1.98. The molecule has 0 unspecified atom stereocenters. The quantitative estimate of drug-likeness (QED) is 0.454. The summed E-state index contributed by atoms with van der Waals surface area (Å²) in [6.45, 7) is 3.51. The third-order valence-electron chi connectivity index (χ3n) is 4.87. The summed E-state index contributed by atoms with van der Waals surface area (Å²) in [6, 6.07) is 3.53. The number of aromatic amines is 1. The Hall–Kier alpha value is -4.01. The van der Waals surface area contributed by atoms with E-state index in [0.29, 0.717) is 57.3 Å². The van der Waals surface area contributed by atoms with E-state index in [1.165, 1.54) is 0 Å². The van der Waals surface area contributed by atoms with Gasteiger partial charge in [0.1, 0.15) is 17.3 Å². The lowest BCUT2D eigenvalue weighted by atomic mass is 9.96. The molecule has 4 heterocycles. The van der Waals surface area contributed by atoms with Gasteiger partial charge in [0, 0.05) is 17.1 Å². The molecule has 0 saturated heterocycles. The van der Waals surface area contributed by atoms with Crippen molar-refractivity contribution in [2.24, 2.45) is 0 Å². The molecule has 0 aliphatic carbocycles. The highest BCUT2D eigenvalue weighted by molar-refractivity contribution is 6.03. The fourth-order valence-electron chi connectivity index (χ4n) is 3.56. The maximum atomic E-state index is 15.5. The van der Waals surface area contributed by atoms with Gasteiger partial charge < -0.3 is 14.1 Å². The summed E-state index contributed by atoms with van der Waals surface area (Å²) in [7, 11) is 0. The molecule has 5 aromatic rings.